The van der Waals surface area contributed by atoms with Gasteiger partial charge in [-0.25, -0.2) is 9.97 Å². The van der Waals surface area contributed by atoms with E-state index in [1.807, 2.05) is 48.5 Å². The predicted molar refractivity (Wildman–Crippen MR) is 74.9 cm³/mol. The summed E-state index contributed by atoms with van der Waals surface area (Å²) in [6.07, 6.45) is 2.96. The highest BCUT2D eigenvalue weighted by Gasteiger charge is 1.97. The molecular formula is C12H15N3S2. The van der Waals surface area contributed by atoms with Gasteiger partial charge in [0, 0.05) is 29.6 Å². The molecular weight excluding hydrogens is 250 g/mol. The van der Waals surface area contributed by atoms with E-state index in [-0.39, 0.29) is 0 Å². The van der Waals surface area contributed by atoms with E-state index in [1.54, 1.807) is 11.3 Å². The number of thiazole rings is 1. The van der Waals surface area contributed by atoms with Crippen molar-refractivity contribution in [3.63, 3.8) is 0 Å². The van der Waals surface area contributed by atoms with Crippen molar-refractivity contribution in [2.45, 2.75) is 17.7 Å². The number of hydrogen-bond acceptors (Lipinski definition) is 5. The fourth-order valence-electron chi connectivity index (χ4n) is 1.37. The maximum Gasteiger partial charge on any atom is 0.149 e. The largest absolute Gasteiger partial charge is 0.370 e. The average molecular weight is 265 g/mol. The molecule has 90 valence electrons. The van der Waals surface area contributed by atoms with Crippen LogP contribution in [0, 0.1) is 6.92 Å². The van der Waals surface area contributed by atoms with Crippen molar-refractivity contribution in [2.75, 3.05) is 17.6 Å². The Bertz CT molecular complexity index is 443. The predicted octanol–water partition coefficient (Wildman–Crippen LogP) is 3.44. The third-order valence-corrected chi connectivity index (χ3v) is 4.20. The number of pyridine rings is 1. The molecule has 0 saturated carbocycles. The smallest absolute Gasteiger partial charge is 0.149 e. The first kappa shape index (κ1) is 12.4. The summed E-state index contributed by atoms with van der Waals surface area (Å²) >= 11 is 3.51. The lowest BCUT2D eigenvalue weighted by atomic mass is 10.3. The Kier molecular flexibility index (Phi) is 4.82. The van der Waals surface area contributed by atoms with Crippen LogP contribution < -0.4 is 5.32 Å². The van der Waals surface area contributed by atoms with E-state index in [1.165, 1.54) is 0 Å². The van der Waals surface area contributed by atoms with Crippen LogP contribution in [-0.2, 0) is 0 Å². The highest BCUT2D eigenvalue weighted by Crippen LogP contribution is 2.20. The normalized spacial score (nSPS) is 10.4. The van der Waals surface area contributed by atoms with Crippen molar-refractivity contribution in [1.82, 2.24) is 9.97 Å². The Labute approximate surface area is 110 Å². The number of thioether (sulfide) groups is 1. The van der Waals surface area contributed by atoms with Crippen LogP contribution in [0.1, 0.15) is 12.1 Å². The van der Waals surface area contributed by atoms with Crippen LogP contribution in [0.5, 0.6) is 0 Å². The Hall–Kier alpha value is -1.07. The molecule has 0 aliphatic rings. The van der Waals surface area contributed by atoms with E-state index < -0.39 is 0 Å². The van der Waals surface area contributed by atoms with Gasteiger partial charge in [0.2, 0.25) is 0 Å². The Morgan fingerprint density at radius 3 is 3.12 bits per heavy atom. The first-order valence-electron chi connectivity index (χ1n) is 5.54. The first-order valence-corrected chi connectivity index (χ1v) is 7.41. The third kappa shape index (κ3) is 4.36. The van der Waals surface area contributed by atoms with Gasteiger partial charge in [0.15, 0.2) is 0 Å². The zero-order chi connectivity index (χ0) is 11.9. The van der Waals surface area contributed by atoms with Gasteiger partial charge in [0.25, 0.3) is 0 Å². The second kappa shape index (κ2) is 6.61. The molecule has 2 heterocycles. The third-order valence-electron chi connectivity index (χ3n) is 2.15. The number of anilines is 1. The fraction of sp³-hybridized carbons (Fsp3) is 0.333. The molecule has 2 aromatic rings. The summed E-state index contributed by atoms with van der Waals surface area (Å²) < 4.78 is 1.15. The standard InChI is InChI=1S/C12H15N3S2/c1-10-4-2-5-11(15-10)13-6-3-8-16-12-14-7-9-17-12/h2,4-5,7,9H,3,6,8H2,1H3,(H,13,15). The molecule has 2 rings (SSSR count). The minimum Gasteiger partial charge on any atom is -0.370 e. The second-order valence-corrected chi connectivity index (χ2v) is 5.83. The Morgan fingerprint density at radius 2 is 2.35 bits per heavy atom. The summed E-state index contributed by atoms with van der Waals surface area (Å²) in [5.74, 6) is 2.05. The Balaban J connectivity index is 1.63. The van der Waals surface area contributed by atoms with Gasteiger partial charge in [-0.3, -0.25) is 0 Å². The van der Waals surface area contributed by atoms with Gasteiger partial charge < -0.3 is 5.32 Å². The summed E-state index contributed by atoms with van der Waals surface area (Å²) in [7, 11) is 0. The van der Waals surface area contributed by atoms with Gasteiger partial charge in [0.05, 0.1) is 0 Å². The molecule has 0 unspecified atom stereocenters. The van der Waals surface area contributed by atoms with E-state index in [4.69, 9.17) is 0 Å². The van der Waals surface area contributed by atoms with E-state index >= 15 is 0 Å². The molecule has 0 aliphatic carbocycles. The maximum absolute atomic E-state index is 4.39. The molecule has 0 aliphatic heterocycles. The second-order valence-electron chi connectivity index (χ2n) is 3.59. The molecule has 0 amide bonds. The van der Waals surface area contributed by atoms with Crippen molar-refractivity contribution in [1.29, 1.82) is 0 Å². The molecule has 0 aromatic carbocycles. The summed E-state index contributed by atoms with van der Waals surface area (Å²) in [6.45, 7) is 2.96. The molecule has 3 nitrogen and oxygen atoms in total. The number of rotatable bonds is 6. The van der Waals surface area contributed by atoms with Gasteiger partial charge in [-0.1, -0.05) is 17.8 Å². The molecule has 0 spiro atoms. The number of nitrogens with one attached hydrogen (secondary N) is 1. The Morgan fingerprint density at radius 1 is 1.41 bits per heavy atom. The van der Waals surface area contributed by atoms with E-state index in [9.17, 15) is 0 Å². The topological polar surface area (TPSA) is 37.8 Å². The lowest BCUT2D eigenvalue weighted by Gasteiger charge is -2.05. The summed E-state index contributed by atoms with van der Waals surface area (Å²) in [5.41, 5.74) is 1.05. The zero-order valence-electron chi connectivity index (χ0n) is 9.72. The van der Waals surface area contributed by atoms with Gasteiger partial charge in [-0.15, -0.1) is 11.3 Å². The molecule has 0 fully saturated rings. The average Bonchev–Trinajstić information content (AvgIpc) is 2.82. The minimum atomic E-state index is 0.953. The van der Waals surface area contributed by atoms with Crippen LogP contribution in [0.3, 0.4) is 0 Å². The van der Waals surface area contributed by atoms with Gasteiger partial charge in [0.1, 0.15) is 10.2 Å². The summed E-state index contributed by atoms with van der Waals surface area (Å²) in [4.78, 5) is 8.62. The maximum atomic E-state index is 4.39. The summed E-state index contributed by atoms with van der Waals surface area (Å²) in [6, 6.07) is 6.03. The van der Waals surface area contributed by atoms with Crippen molar-refractivity contribution in [2.24, 2.45) is 0 Å². The van der Waals surface area contributed by atoms with Crippen molar-refractivity contribution >= 4 is 28.9 Å². The van der Waals surface area contributed by atoms with Crippen LogP contribution in [0.2, 0.25) is 0 Å². The van der Waals surface area contributed by atoms with E-state index in [0.29, 0.717) is 0 Å². The van der Waals surface area contributed by atoms with Crippen LogP contribution >= 0.6 is 23.1 Å². The van der Waals surface area contributed by atoms with Crippen LogP contribution in [0.4, 0.5) is 5.82 Å². The van der Waals surface area contributed by atoms with Crippen molar-refractivity contribution in [3.05, 3.63) is 35.5 Å². The molecule has 0 radical (unpaired) electrons. The monoisotopic (exact) mass is 265 g/mol. The van der Waals surface area contributed by atoms with Gasteiger partial charge >= 0.3 is 0 Å². The molecule has 0 saturated heterocycles. The lowest BCUT2D eigenvalue weighted by Crippen LogP contribution is -2.04. The summed E-state index contributed by atoms with van der Waals surface area (Å²) in [5, 5.41) is 5.34. The zero-order valence-corrected chi connectivity index (χ0v) is 11.4. The van der Waals surface area contributed by atoms with E-state index in [2.05, 4.69) is 15.3 Å². The molecule has 5 heteroatoms. The lowest BCUT2D eigenvalue weighted by molar-refractivity contribution is 0.975. The number of hydrogen-bond donors (Lipinski definition) is 1. The molecule has 17 heavy (non-hydrogen) atoms. The first-order chi connectivity index (χ1) is 8.34. The van der Waals surface area contributed by atoms with Gasteiger partial charge in [-0.05, 0) is 25.5 Å². The minimum absolute atomic E-state index is 0.953. The number of aryl methyl sites for hydroxylation is 1. The molecule has 1 N–H and O–H groups in total. The molecule has 0 atom stereocenters. The van der Waals surface area contributed by atoms with Crippen molar-refractivity contribution in [3.8, 4) is 0 Å². The number of aromatic nitrogens is 2. The molecule has 2 aromatic heterocycles. The van der Waals surface area contributed by atoms with Crippen LogP contribution in [0.25, 0.3) is 0 Å². The van der Waals surface area contributed by atoms with Crippen molar-refractivity contribution < 1.29 is 0 Å². The quantitative estimate of drug-likeness (QED) is 0.641. The van der Waals surface area contributed by atoms with E-state index in [0.717, 1.165) is 34.6 Å². The highest BCUT2D eigenvalue weighted by molar-refractivity contribution is 8.00. The highest BCUT2D eigenvalue weighted by atomic mass is 32.2. The molecule has 0 bridgehead atoms. The fourth-order valence-corrected chi connectivity index (χ4v) is 3.02. The van der Waals surface area contributed by atoms with Gasteiger partial charge in [-0.2, -0.15) is 0 Å². The SMILES string of the molecule is Cc1cccc(NCCCSc2nccs2)n1. The van der Waals surface area contributed by atoms with Crippen LogP contribution in [0.15, 0.2) is 34.1 Å². The number of nitrogens with zero attached hydrogens (tertiary/aromatic N) is 2. The van der Waals surface area contributed by atoms with Crippen LogP contribution in [-0.4, -0.2) is 22.3 Å².